The molecule has 0 bridgehead atoms. The molecular formula is C14H23NO3. The van der Waals surface area contributed by atoms with Crippen LogP contribution < -0.4 is 19.9 Å². The van der Waals surface area contributed by atoms with Crippen molar-refractivity contribution >= 4 is 0 Å². The second kappa shape index (κ2) is 7.82. The molecule has 4 heteroatoms. The van der Waals surface area contributed by atoms with Gasteiger partial charge >= 0.3 is 0 Å². The molecule has 0 aromatic heterocycles. The lowest BCUT2D eigenvalue weighted by Crippen LogP contribution is -2.19. The van der Waals surface area contributed by atoms with Gasteiger partial charge in [0.25, 0.3) is 0 Å². The highest BCUT2D eigenvalue weighted by molar-refractivity contribution is 5.41. The summed E-state index contributed by atoms with van der Waals surface area (Å²) >= 11 is 0. The van der Waals surface area contributed by atoms with Gasteiger partial charge in [0.05, 0.1) is 20.8 Å². The Kier molecular flexibility index (Phi) is 6.36. The van der Waals surface area contributed by atoms with Crippen molar-refractivity contribution in [1.29, 1.82) is 0 Å². The molecule has 18 heavy (non-hydrogen) atoms. The highest BCUT2D eigenvalue weighted by atomic mass is 16.5. The van der Waals surface area contributed by atoms with Crippen LogP contribution in [0.5, 0.6) is 17.2 Å². The smallest absolute Gasteiger partial charge is 0.126 e. The fourth-order valence-electron chi connectivity index (χ4n) is 1.60. The molecule has 0 spiro atoms. The summed E-state index contributed by atoms with van der Waals surface area (Å²) in [7, 11) is 3.25. The van der Waals surface area contributed by atoms with E-state index in [2.05, 4.69) is 6.92 Å². The predicted octanol–water partition coefficient (Wildman–Crippen LogP) is 2.60. The van der Waals surface area contributed by atoms with E-state index in [1.807, 2.05) is 18.2 Å². The number of hydrogen-bond acceptors (Lipinski definition) is 4. The predicted molar refractivity (Wildman–Crippen MR) is 72.5 cm³/mol. The van der Waals surface area contributed by atoms with Gasteiger partial charge in [-0.3, -0.25) is 0 Å². The summed E-state index contributed by atoms with van der Waals surface area (Å²) in [6.45, 7) is 2.75. The highest BCUT2D eigenvalue weighted by Crippen LogP contribution is 2.27. The van der Waals surface area contributed by atoms with Crippen LogP contribution in [0.3, 0.4) is 0 Å². The zero-order chi connectivity index (χ0) is 13.4. The van der Waals surface area contributed by atoms with E-state index in [9.17, 15) is 0 Å². The Labute approximate surface area is 109 Å². The summed E-state index contributed by atoms with van der Waals surface area (Å²) in [4.78, 5) is 0. The first-order valence-corrected chi connectivity index (χ1v) is 6.31. The van der Waals surface area contributed by atoms with Gasteiger partial charge in [-0.15, -0.1) is 0 Å². The van der Waals surface area contributed by atoms with Crippen molar-refractivity contribution < 1.29 is 14.2 Å². The van der Waals surface area contributed by atoms with E-state index in [1.165, 1.54) is 0 Å². The van der Waals surface area contributed by atoms with Crippen LogP contribution in [0.1, 0.15) is 26.2 Å². The fourth-order valence-corrected chi connectivity index (χ4v) is 1.60. The van der Waals surface area contributed by atoms with Crippen LogP contribution >= 0.6 is 0 Å². The lowest BCUT2D eigenvalue weighted by molar-refractivity contribution is 0.296. The van der Waals surface area contributed by atoms with E-state index in [0.717, 1.165) is 36.5 Å². The molecule has 2 N–H and O–H groups in total. The van der Waals surface area contributed by atoms with Gasteiger partial charge < -0.3 is 19.9 Å². The van der Waals surface area contributed by atoms with Gasteiger partial charge in [-0.05, 0) is 19.3 Å². The second-order valence-corrected chi connectivity index (χ2v) is 4.21. The Morgan fingerprint density at radius 1 is 1.06 bits per heavy atom. The first kappa shape index (κ1) is 14.6. The Morgan fingerprint density at radius 3 is 2.11 bits per heavy atom. The van der Waals surface area contributed by atoms with Crippen molar-refractivity contribution in [2.45, 2.75) is 32.2 Å². The molecule has 0 heterocycles. The third-order valence-corrected chi connectivity index (χ3v) is 2.84. The maximum atomic E-state index is 5.85. The van der Waals surface area contributed by atoms with Gasteiger partial charge in [0.2, 0.25) is 0 Å². The molecule has 1 rings (SSSR count). The van der Waals surface area contributed by atoms with Crippen molar-refractivity contribution in [3.63, 3.8) is 0 Å². The summed E-state index contributed by atoms with van der Waals surface area (Å²) < 4.78 is 16.0. The van der Waals surface area contributed by atoms with Crippen LogP contribution in [0, 0.1) is 0 Å². The molecule has 1 aromatic rings. The number of ether oxygens (including phenoxy) is 3. The maximum Gasteiger partial charge on any atom is 0.126 e. The third-order valence-electron chi connectivity index (χ3n) is 2.84. The number of nitrogens with two attached hydrogens (primary N) is 1. The molecule has 1 aromatic carbocycles. The molecule has 1 atom stereocenters. The molecule has 0 radical (unpaired) electrons. The summed E-state index contributed by atoms with van der Waals surface area (Å²) in [6.07, 6.45) is 2.94. The van der Waals surface area contributed by atoms with Crippen LogP contribution in [0.15, 0.2) is 18.2 Å². The van der Waals surface area contributed by atoms with Crippen molar-refractivity contribution in [1.82, 2.24) is 0 Å². The van der Waals surface area contributed by atoms with Gasteiger partial charge in [0.1, 0.15) is 17.2 Å². The van der Waals surface area contributed by atoms with Crippen LogP contribution in [0.2, 0.25) is 0 Å². The van der Waals surface area contributed by atoms with Crippen LogP contribution in [0.4, 0.5) is 0 Å². The molecule has 4 nitrogen and oxygen atoms in total. The SMILES string of the molecule is CCC(N)CCCOc1cc(OC)cc(OC)c1. The largest absolute Gasteiger partial charge is 0.496 e. The van der Waals surface area contributed by atoms with Gasteiger partial charge in [0.15, 0.2) is 0 Å². The number of methoxy groups -OCH3 is 2. The molecule has 0 saturated heterocycles. The Bertz CT molecular complexity index is 333. The highest BCUT2D eigenvalue weighted by Gasteiger charge is 2.03. The topological polar surface area (TPSA) is 53.7 Å². The molecule has 0 amide bonds. The molecule has 0 fully saturated rings. The summed E-state index contributed by atoms with van der Waals surface area (Å²) in [6, 6.07) is 5.79. The number of hydrogen-bond donors (Lipinski definition) is 1. The van der Waals surface area contributed by atoms with Gasteiger partial charge in [-0.1, -0.05) is 6.92 Å². The summed E-state index contributed by atoms with van der Waals surface area (Å²) in [5, 5.41) is 0. The zero-order valence-corrected chi connectivity index (χ0v) is 11.4. The van der Waals surface area contributed by atoms with E-state index in [0.29, 0.717) is 6.61 Å². The minimum Gasteiger partial charge on any atom is -0.496 e. The molecule has 0 aliphatic carbocycles. The van der Waals surface area contributed by atoms with Crippen molar-refractivity contribution in [3.05, 3.63) is 18.2 Å². The van der Waals surface area contributed by atoms with E-state index in [-0.39, 0.29) is 6.04 Å². The Morgan fingerprint density at radius 2 is 1.61 bits per heavy atom. The average molecular weight is 253 g/mol. The van der Waals surface area contributed by atoms with E-state index >= 15 is 0 Å². The first-order valence-electron chi connectivity index (χ1n) is 6.31. The lowest BCUT2D eigenvalue weighted by Gasteiger charge is -2.11. The van der Waals surface area contributed by atoms with Gasteiger partial charge in [-0.2, -0.15) is 0 Å². The fraction of sp³-hybridized carbons (Fsp3) is 0.571. The van der Waals surface area contributed by atoms with Crippen molar-refractivity contribution in [2.24, 2.45) is 5.73 Å². The minimum atomic E-state index is 0.272. The molecule has 0 aliphatic heterocycles. The first-order chi connectivity index (χ1) is 8.69. The monoisotopic (exact) mass is 253 g/mol. The molecule has 1 unspecified atom stereocenters. The zero-order valence-electron chi connectivity index (χ0n) is 11.4. The summed E-state index contributed by atoms with van der Waals surface area (Å²) in [5.41, 5.74) is 5.85. The summed E-state index contributed by atoms with van der Waals surface area (Å²) in [5.74, 6) is 2.22. The van der Waals surface area contributed by atoms with Gasteiger partial charge in [0, 0.05) is 24.2 Å². The molecular weight excluding hydrogens is 230 g/mol. The molecule has 0 saturated carbocycles. The van der Waals surface area contributed by atoms with Gasteiger partial charge in [-0.25, -0.2) is 0 Å². The average Bonchev–Trinajstić information content (AvgIpc) is 2.42. The molecule has 102 valence electrons. The van der Waals surface area contributed by atoms with Crippen LogP contribution in [0.25, 0.3) is 0 Å². The Hall–Kier alpha value is -1.42. The standard InChI is InChI=1S/C14H23NO3/c1-4-11(15)6-5-7-18-14-9-12(16-2)8-13(10-14)17-3/h8-11H,4-7,15H2,1-3H3. The maximum absolute atomic E-state index is 5.85. The quantitative estimate of drug-likeness (QED) is 0.723. The van der Waals surface area contributed by atoms with E-state index in [4.69, 9.17) is 19.9 Å². The number of benzene rings is 1. The second-order valence-electron chi connectivity index (χ2n) is 4.21. The minimum absolute atomic E-state index is 0.272. The number of rotatable bonds is 8. The van der Waals surface area contributed by atoms with E-state index in [1.54, 1.807) is 14.2 Å². The van der Waals surface area contributed by atoms with Crippen LogP contribution in [-0.2, 0) is 0 Å². The third kappa shape index (κ3) is 4.84. The Balaban J connectivity index is 2.46. The van der Waals surface area contributed by atoms with Crippen molar-refractivity contribution in [2.75, 3.05) is 20.8 Å². The van der Waals surface area contributed by atoms with E-state index < -0.39 is 0 Å². The molecule has 0 aliphatic rings. The van der Waals surface area contributed by atoms with Crippen LogP contribution in [-0.4, -0.2) is 26.9 Å². The lowest BCUT2D eigenvalue weighted by atomic mass is 10.1. The normalized spacial score (nSPS) is 12.0. The van der Waals surface area contributed by atoms with Crippen molar-refractivity contribution in [3.8, 4) is 17.2 Å².